The molecule has 1 aliphatic carbocycles. The summed E-state index contributed by atoms with van der Waals surface area (Å²) in [6.07, 6.45) is 3.35. The highest BCUT2D eigenvalue weighted by molar-refractivity contribution is 7.99. The maximum atomic E-state index is 13.2. The molecule has 5 nitrogen and oxygen atoms in total. The molecule has 2 unspecified atom stereocenters. The summed E-state index contributed by atoms with van der Waals surface area (Å²) < 4.78 is 6.50. The number of Topliss-reactive ketones (excluding diaryl/α,β-unsaturated/α-hetero) is 1. The number of esters is 1. The number of rotatable bonds is 6. The van der Waals surface area contributed by atoms with Crippen molar-refractivity contribution in [2.24, 2.45) is 22.4 Å². The van der Waals surface area contributed by atoms with E-state index in [0.717, 1.165) is 17.1 Å². The molecule has 0 aromatic carbocycles. The van der Waals surface area contributed by atoms with Crippen molar-refractivity contribution in [3.05, 3.63) is 32.7 Å². The lowest BCUT2D eigenvalue weighted by molar-refractivity contribution is -0.149. The van der Waals surface area contributed by atoms with E-state index >= 15 is 0 Å². The molecule has 1 fully saturated rings. The van der Waals surface area contributed by atoms with E-state index < -0.39 is 5.41 Å². The average Bonchev–Trinajstić information content (AvgIpc) is 3.12. The van der Waals surface area contributed by atoms with Gasteiger partial charge >= 0.3 is 5.97 Å². The Balaban J connectivity index is 1.82. The lowest BCUT2D eigenvalue weighted by Gasteiger charge is -2.34. The summed E-state index contributed by atoms with van der Waals surface area (Å²) in [4.78, 5) is 32.2. The molecule has 2 heterocycles. The van der Waals surface area contributed by atoms with E-state index in [0.29, 0.717) is 40.1 Å². The molecule has 2 atom stereocenters. The Kier molecular flexibility index (Phi) is 8.27. The van der Waals surface area contributed by atoms with Crippen molar-refractivity contribution in [1.29, 1.82) is 0 Å². The molecule has 1 aromatic rings. The quantitative estimate of drug-likeness (QED) is 0.271. The van der Waals surface area contributed by atoms with Crippen molar-refractivity contribution in [3.63, 3.8) is 0 Å². The Morgan fingerprint density at radius 3 is 2.65 bits per heavy atom. The van der Waals surface area contributed by atoms with Gasteiger partial charge in [0.1, 0.15) is 5.76 Å². The normalized spacial score (nSPS) is 23.1. The fraction of sp³-hybridized carbons (Fsp3) is 0.609. The topological polar surface area (TPSA) is 65.0 Å². The molecular formula is C23H30ClNO4S2. The summed E-state index contributed by atoms with van der Waals surface area (Å²) in [5.74, 6) is 3.01. The smallest absolute Gasteiger partial charge is 0.316 e. The molecule has 0 bridgehead atoms. The second kappa shape index (κ2) is 10.5. The van der Waals surface area contributed by atoms with Gasteiger partial charge in [-0.15, -0.1) is 11.3 Å². The minimum atomic E-state index is -0.658. The zero-order chi connectivity index (χ0) is 22.6. The van der Waals surface area contributed by atoms with Crippen LogP contribution in [0.1, 0.15) is 58.3 Å². The van der Waals surface area contributed by atoms with Crippen LogP contribution in [0.4, 0.5) is 0 Å². The standard InChI is InChI=1S/C23H30ClNO4S2/c1-14(25-28-12-17-7-8-20(24)31-17)21-18(26)10-16(15-6-5-9-30-13-15)11-19(21)29-22(27)23(2,3)4/h7-8,15-16H,5-6,9-13H2,1-4H3/b25-14-. The van der Waals surface area contributed by atoms with Crippen LogP contribution in [0, 0.1) is 17.3 Å². The summed E-state index contributed by atoms with van der Waals surface area (Å²) in [6, 6.07) is 3.69. The second-order valence-corrected chi connectivity index (χ2v) is 12.1. The zero-order valence-electron chi connectivity index (χ0n) is 18.5. The van der Waals surface area contributed by atoms with Gasteiger partial charge in [0.15, 0.2) is 12.4 Å². The Morgan fingerprint density at radius 1 is 1.26 bits per heavy atom. The molecule has 0 spiro atoms. The fourth-order valence-electron chi connectivity index (χ4n) is 3.81. The Labute approximate surface area is 197 Å². The van der Waals surface area contributed by atoms with Crippen LogP contribution in [0.15, 0.2) is 28.6 Å². The monoisotopic (exact) mass is 483 g/mol. The number of ether oxygens (including phenoxy) is 1. The highest BCUT2D eigenvalue weighted by atomic mass is 35.5. The van der Waals surface area contributed by atoms with Gasteiger partial charge in [0, 0.05) is 17.7 Å². The average molecular weight is 484 g/mol. The first-order valence-electron chi connectivity index (χ1n) is 10.6. The third-order valence-electron chi connectivity index (χ3n) is 5.54. The predicted molar refractivity (Wildman–Crippen MR) is 128 cm³/mol. The van der Waals surface area contributed by atoms with Crippen molar-refractivity contribution in [3.8, 4) is 0 Å². The molecule has 0 radical (unpaired) electrons. The van der Waals surface area contributed by atoms with Crippen LogP contribution in [0.5, 0.6) is 0 Å². The molecular weight excluding hydrogens is 454 g/mol. The van der Waals surface area contributed by atoms with Gasteiger partial charge < -0.3 is 9.57 Å². The van der Waals surface area contributed by atoms with E-state index in [9.17, 15) is 9.59 Å². The van der Waals surface area contributed by atoms with E-state index in [4.69, 9.17) is 21.2 Å². The van der Waals surface area contributed by atoms with Crippen molar-refractivity contribution >= 4 is 52.2 Å². The van der Waals surface area contributed by atoms with Gasteiger partial charge in [0.05, 0.1) is 21.0 Å². The summed E-state index contributed by atoms with van der Waals surface area (Å²) in [7, 11) is 0. The van der Waals surface area contributed by atoms with Crippen LogP contribution in [0.25, 0.3) is 0 Å². The fourth-order valence-corrected chi connectivity index (χ4v) is 6.08. The maximum Gasteiger partial charge on any atom is 0.316 e. The first-order chi connectivity index (χ1) is 14.6. The van der Waals surface area contributed by atoms with Gasteiger partial charge in [0.2, 0.25) is 0 Å². The third-order valence-corrected chi connectivity index (χ3v) is 7.99. The van der Waals surface area contributed by atoms with Crippen LogP contribution >= 0.6 is 34.7 Å². The summed E-state index contributed by atoms with van der Waals surface area (Å²) in [5, 5.41) is 4.17. The summed E-state index contributed by atoms with van der Waals surface area (Å²) in [5.41, 5.74) is 0.178. The van der Waals surface area contributed by atoms with Crippen LogP contribution in [-0.2, 0) is 25.8 Å². The molecule has 3 rings (SSSR count). The van der Waals surface area contributed by atoms with Gasteiger partial charge in [-0.05, 0) is 76.0 Å². The number of carbonyl (C=O) groups is 2. The van der Waals surface area contributed by atoms with Gasteiger partial charge in [-0.2, -0.15) is 11.8 Å². The summed E-state index contributed by atoms with van der Waals surface area (Å²) >= 11 is 9.32. The van der Waals surface area contributed by atoms with Crippen molar-refractivity contribution in [2.75, 3.05) is 11.5 Å². The SMILES string of the molecule is C/C(=N/OCc1ccc(Cl)s1)C1=C(OC(=O)C(C)(C)C)CC(C2CCCSC2)CC1=O. The number of allylic oxidation sites excluding steroid dienone is 2. The molecule has 1 saturated heterocycles. The van der Waals surface area contributed by atoms with Gasteiger partial charge in [-0.1, -0.05) is 16.8 Å². The highest BCUT2D eigenvalue weighted by Crippen LogP contribution is 2.39. The number of nitrogens with zero attached hydrogens (tertiary/aromatic N) is 1. The molecule has 8 heteroatoms. The number of thioether (sulfide) groups is 1. The number of carbonyl (C=O) groups excluding carboxylic acids is 2. The largest absolute Gasteiger partial charge is 0.430 e. The van der Waals surface area contributed by atoms with E-state index in [2.05, 4.69) is 5.16 Å². The van der Waals surface area contributed by atoms with Gasteiger partial charge in [-0.25, -0.2) is 0 Å². The molecule has 170 valence electrons. The first kappa shape index (κ1) is 24.3. The van der Waals surface area contributed by atoms with Gasteiger partial charge in [0.25, 0.3) is 0 Å². The number of oxime groups is 1. The molecule has 31 heavy (non-hydrogen) atoms. The number of hydrogen-bond donors (Lipinski definition) is 0. The number of halogens is 1. The predicted octanol–water partition coefficient (Wildman–Crippen LogP) is 6.26. The first-order valence-corrected chi connectivity index (χ1v) is 13.0. The van der Waals surface area contributed by atoms with Crippen molar-refractivity contribution < 1.29 is 19.2 Å². The van der Waals surface area contributed by atoms with Crippen LogP contribution in [0.3, 0.4) is 0 Å². The van der Waals surface area contributed by atoms with E-state index in [-0.39, 0.29) is 24.3 Å². The number of ketones is 1. The lowest BCUT2D eigenvalue weighted by atomic mass is 9.77. The minimum absolute atomic E-state index is 0.0208. The van der Waals surface area contributed by atoms with Crippen molar-refractivity contribution in [1.82, 2.24) is 0 Å². The molecule has 0 N–H and O–H groups in total. The third kappa shape index (κ3) is 6.59. The maximum absolute atomic E-state index is 13.2. The highest BCUT2D eigenvalue weighted by Gasteiger charge is 2.37. The van der Waals surface area contributed by atoms with E-state index in [1.54, 1.807) is 6.92 Å². The van der Waals surface area contributed by atoms with Crippen LogP contribution < -0.4 is 0 Å². The molecule has 0 amide bonds. The van der Waals surface area contributed by atoms with E-state index in [1.165, 1.54) is 23.5 Å². The number of hydrogen-bond acceptors (Lipinski definition) is 7. The van der Waals surface area contributed by atoms with Crippen molar-refractivity contribution in [2.45, 2.75) is 60.0 Å². The minimum Gasteiger partial charge on any atom is -0.430 e. The second-order valence-electron chi connectivity index (χ2n) is 9.16. The lowest BCUT2D eigenvalue weighted by Crippen LogP contribution is -2.33. The Hall–Kier alpha value is -1.31. The number of thiophene rings is 1. The summed E-state index contributed by atoms with van der Waals surface area (Å²) in [6.45, 7) is 7.44. The molecule has 2 aliphatic rings. The van der Waals surface area contributed by atoms with Crippen LogP contribution in [0.2, 0.25) is 4.34 Å². The van der Waals surface area contributed by atoms with Crippen LogP contribution in [-0.4, -0.2) is 29.0 Å². The Morgan fingerprint density at radius 2 is 2.03 bits per heavy atom. The molecule has 1 aliphatic heterocycles. The molecule has 1 aromatic heterocycles. The molecule has 0 saturated carbocycles. The van der Waals surface area contributed by atoms with Gasteiger partial charge in [-0.3, -0.25) is 9.59 Å². The van der Waals surface area contributed by atoms with E-state index in [1.807, 2.05) is 44.7 Å². The zero-order valence-corrected chi connectivity index (χ0v) is 20.9. The Bertz CT molecular complexity index is 878.